The van der Waals surface area contributed by atoms with Crippen molar-refractivity contribution in [2.24, 2.45) is 5.73 Å². The third-order valence-electron chi connectivity index (χ3n) is 5.35. The van der Waals surface area contributed by atoms with Gasteiger partial charge >= 0.3 is 0 Å². The minimum Gasteiger partial charge on any atom is -0.325 e. The summed E-state index contributed by atoms with van der Waals surface area (Å²) in [6, 6.07) is 21.9. The maximum Gasteiger partial charge on any atom is 0.255 e. The van der Waals surface area contributed by atoms with Crippen LogP contribution in [-0.2, 0) is 6.42 Å². The monoisotopic (exact) mass is 357 g/mol. The lowest BCUT2D eigenvalue weighted by Gasteiger charge is -2.12. The van der Waals surface area contributed by atoms with Crippen molar-refractivity contribution >= 4 is 11.6 Å². The molecule has 2 atom stereocenters. The van der Waals surface area contributed by atoms with Crippen LogP contribution in [0.4, 0.5) is 5.69 Å². The fourth-order valence-electron chi connectivity index (χ4n) is 3.57. The van der Waals surface area contributed by atoms with Crippen LogP contribution in [0, 0.1) is 0 Å². The topological polar surface area (TPSA) is 68.0 Å². The number of amides is 1. The summed E-state index contributed by atoms with van der Waals surface area (Å²) in [5.41, 5.74) is 10.4. The minimum absolute atomic E-state index is 0.113. The Hall–Kier alpha value is -2.98. The molecule has 0 unspecified atom stereocenters. The molecule has 0 radical (unpaired) electrons. The molecule has 27 heavy (non-hydrogen) atoms. The lowest BCUT2D eigenvalue weighted by Crippen LogP contribution is -2.25. The molecule has 4 rings (SSSR count). The number of nitrogens with zero attached hydrogens (tertiary/aromatic N) is 1. The third-order valence-corrected chi connectivity index (χ3v) is 5.35. The van der Waals surface area contributed by atoms with Crippen LogP contribution >= 0.6 is 0 Å². The van der Waals surface area contributed by atoms with Gasteiger partial charge in [0, 0.05) is 35.1 Å². The Labute approximate surface area is 159 Å². The number of nitrogens with two attached hydrogens (primary N) is 1. The fraction of sp³-hybridized carbons (Fsp3) is 0.217. The van der Waals surface area contributed by atoms with E-state index >= 15 is 0 Å². The second-order valence-electron chi connectivity index (χ2n) is 7.29. The van der Waals surface area contributed by atoms with E-state index in [0.717, 1.165) is 24.9 Å². The lowest BCUT2D eigenvalue weighted by atomic mass is 9.99. The number of anilines is 1. The van der Waals surface area contributed by atoms with E-state index < -0.39 is 0 Å². The predicted octanol–water partition coefficient (Wildman–Crippen LogP) is 4.15. The smallest absolute Gasteiger partial charge is 0.255 e. The average Bonchev–Trinajstić information content (AvgIpc) is 3.40. The van der Waals surface area contributed by atoms with Crippen molar-refractivity contribution in [2.45, 2.75) is 30.7 Å². The quantitative estimate of drug-likeness (QED) is 0.696. The average molecular weight is 357 g/mol. The molecule has 136 valence electrons. The predicted molar refractivity (Wildman–Crippen MR) is 108 cm³/mol. The van der Waals surface area contributed by atoms with Crippen molar-refractivity contribution < 1.29 is 4.79 Å². The van der Waals surface area contributed by atoms with Crippen molar-refractivity contribution in [2.75, 3.05) is 5.32 Å². The van der Waals surface area contributed by atoms with E-state index in [-0.39, 0.29) is 11.4 Å². The minimum atomic E-state index is -0.132. The summed E-state index contributed by atoms with van der Waals surface area (Å²) in [5, 5.41) is 2.91. The summed E-state index contributed by atoms with van der Waals surface area (Å²) in [5.74, 6) is 0.263. The second-order valence-corrected chi connectivity index (χ2v) is 7.29. The van der Waals surface area contributed by atoms with Gasteiger partial charge in [0.05, 0.1) is 0 Å². The van der Waals surface area contributed by atoms with E-state index in [9.17, 15) is 4.79 Å². The molecule has 1 saturated carbocycles. The van der Waals surface area contributed by atoms with Gasteiger partial charge in [0.25, 0.3) is 5.91 Å². The second kappa shape index (κ2) is 7.33. The summed E-state index contributed by atoms with van der Waals surface area (Å²) >= 11 is 0. The van der Waals surface area contributed by atoms with E-state index in [0.29, 0.717) is 11.5 Å². The number of carbonyl (C=O) groups excluding carboxylic acids is 1. The Balaban J connectivity index is 1.35. The van der Waals surface area contributed by atoms with Gasteiger partial charge in [0.2, 0.25) is 0 Å². The Morgan fingerprint density at radius 3 is 2.44 bits per heavy atom. The zero-order chi connectivity index (χ0) is 18.7. The molecule has 1 fully saturated rings. The zero-order valence-corrected chi connectivity index (χ0v) is 15.1. The molecule has 1 heterocycles. The SMILES string of the molecule is N[C@]1(CCc2ccccc2)C[C@H]1c1ccc(NC(=O)c2ccncc2)cc1. The van der Waals surface area contributed by atoms with Crippen LogP contribution < -0.4 is 11.1 Å². The van der Waals surface area contributed by atoms with Crippen molar-refractivity contribution in [3.63, 3.8) is 0 Å². The molecule has 0 spiro atoms. The number of nitrogens with one attached hydrogen (secondary N) is 1. The summed E-state index contributed by atoms with van der Waals surface area (Å²) < 4.78 is 0. The Kier molecular flexibility index (Phi) is 4.73. The van der Waals surface area contributed by atoms with Crippen LogP contribution in [-0.4, -0.2) is 16.4 Å². The van der Waals surface area contributed by atoms with Gasteiger partial charge in [-0.25, -0.2) is 0 Å². The van der Waals surface area contributed by atoms with Gasteiger partial charge in [-0.15, -0.1) is 0 Å². The third kappa shape index (κ3) is 4.07. The molecule has 4 nitrogen and oxygen atoms in total. The van der Waals surface area contributed by atoms with Crippen molar-refractivity contribution in [1.29, 1.82) is 0 Å². The van der Waals surface area contributed by atoms with E-state index in [4.69, 9.17) is 5.73 Å². The lowest BCUT2D eigenvalue weighted by molar-refractivity contribution is 0.102. The Morgan fingerprint density at radius 1 is 1.04 bits per heavy atom. The highest BCUT2D eigenvalue weighted by atomic mass is 16.1. The van der Waals surface area contributed by atoms with Crippen LogP contribution in [0.15, 0.2) is 79.1 Å². The molecule has 1 aliphatic rings. The van der Waals surface area contributed by atoms with Gasteiger partial charge in [-0.1, -0.05) is 42.5 Å². The first-order valence-corrected chi connectivity index (χ1v) is 9.28. The molecule has 0 aliphatic heterocycles. The molecule has 4 heteroatoms. The number of carbonyl (C=O) groups is 1. The number of benzene rings is 2. The molecule has 1 aromatic heterocycles. The van der Waals surface area contributed by atoms with Crippen LogP contribution in [0.5, 0.6) is 0 Å². The van der Waals surface area contributed by atoms with E-state index in [1.54, 1.807) is 24.5 Å². The molecule has 0 saturated heterocycles. The van der Waals surface area contributed by atoms with E-state index in [1.807, 2.05) is 18.2 Å². The number of hydrogen-bond acceptors (Lipinski definition) is 3. The molecule has 2 aromatic carbocycles. The highest BCUT2D eigenvalue weighted by Gasteiger charge is 2.50. The van der Waals surface area contributed by atoms with Crippen LogP contribution in [0.3, 0.4) is 0 Å². The fourth-order valence-corrected chi connectivity index (χ4v) is 3.57. The van der Waals surface area contributed by atoms with Crippen molar-refractivity contribution in [1.82, 2.24) is 4.98 Å². The van der Waals surface area contributed by atoms with Crippen molar-refractivity contribution in [3.8, 4) is 0 Å². The summed E-state index contributed by atoms with van der Waals surface area (Å²) in [4.78, 5) is 16.1. The summed E-state index contributed by atoms with van der Waals surface area (Å²) in [6.45, 7) is 0. The molecule has 1 aliphatic carbocycles. The van der Waals surface area contributed by atoms with Crippen LogP contribution in [0.25, 0.3) is 0 Å². The number of hydrogen-bond donors (Lipinski definition) is 2. The first-order valence-electron chi connectivity index (χ1n) is 9.28. The van der Waals surface area contributed by atoms with Gasteiger partial charge in [0.15, 0.2) is 0 Å². The van der Waals surface area contributed by atoms with Crippen LogP contribution in [0.2, 0.25) is 0 Å². The number of aryl methyl sites for hydroxylation is 1. The standard InChI is InChI=1S/C23H23N3O/c24-23(13-10-17-4-2-1-3-5-17)16-21(23)18-6-8-20(9-7-18)26-22(27)19-11-14-25-15-12-19/h1-9,11-12,14-15,21H,10,13,16,24H2,(H,26,27)/t21-,23+/m0/s1. The van der Waals surface area contributed by atoms with Gasteiger partial charge < -0.3 is 11.1 Å². The first kappa shape index (κ1) is 17.4. The molecule has 0 bridgehead atoms. The Morgan fingerprint density at radius 2 is 1.74 bits per heavy atom. The van der Waals surface area contributed by atoms with E-state index in [2.05, 4.69) is 46.7 Å². The molecule has 3 N–H and O–H groups in total. The summed E-state index contributed by atoms with van der Waals surface area (Å²) in [6.07, 6.45) is 6.24. The van der Waals surface area contributed by atoms with Gasteiger partial charge in [-0.2, -0.15) is 0 Å². The van der Waals surface area contributed by atoms with Crippen LogP contribution in [0.1, 0.15) is 40.2 Å². The highest BCUT2D eigenvalue weighted by molar-refractivity contribution is 6.04. The zero-order valence-electron chi connectivity index (χ0n) is 15.1. The van der Waals surface area contributed by atoms with Crippen molar-refractivity contribution in [3.05, 3.63) is 95.8 Å². The normalized spacial score (nSPS) is 20.9. The number of pyridine rings is 1. The van der Waals surface area contributed by atoms with Gasteiger partial charge in [-0.05, 0) is 54.7 Å². The van der Waals surface area contributed by atoms with Gasteiger partial charge in [0.1, 0.15) is 0 Å². The largest absolute Gasteiger partial charge is 0.325 e. The molecule has 3 aromatic rings. The van der Waals surface area contributed by atoms with Gasteiger partial charge in [-0.3, -0.25) is 9.78 Å². The molecule has 1 amide bonds. The van der Waals surface area contributed by atoms with E-state index in [1.165, 1.54) is 11.1 Å². The Bertz CT molecular complexity index is 909. The molecular weight excluding hydrogens is 334 g/mol. The summed E-state index contributed by atoms with van der Waals surface area (Å²) in [7, 11) is 0. The maximum absolute atomic E-state index is 12.2. The number of rotatable bonds is 6. The highest BCUT2D eigenvalue weighted by Crippen LogP contribution is 2.52. The number of aromatic nitrogens is 1. The first-order chi connectivity index (χ1) is 13.1. The molecular formula is C23H23N3O. The maximum atomic E-state index is 12.2.